The Morgan fingerprint density at radius 2 is 0.833 bits per heavy atom. The maximum Gasteiger partial charge on any atom is -0.0329 e. The van der Waals surface area contributed by atoms with E-state index in [1.165, 1.54) is 12.8 Å². The zero-order chi connectivity index (χ0) is 8.88. The first-order valence-corrected chi connectivity index (χ1v) is 5.61. The van der Waals surface area contributed by atoms with Crippen molar-refractivity contribution >= 4 is 0 Å². The molecule has 0 amide bonds. The highest BCUT2D eigenvalue weighted by Gasteiger charge is 2.48. The molecule has 12 heavy (non-hydrogen) atoms. The summed E-state index contributed by atoms with van der Waals surface area (Å²) in [5, 5.41) is 0. The van der Waals surface area contributed by atoms with Crippen LogP contribution in [0.5, 0.6) is 0 Å². The van der Waals surface area contributed by atoms with E-state index in [4.69, 9.17) is 0 Å². The summed E-state index contributed by atoms with van der Waals surface area (Å²) >= 11 is 0. The molecule has 2 aliphatic rings. The fourth-order valence-corrected chi connectivity index (χ4v) is 4.44. The summed E-state index contributed by atoms with van der Waals surface area (Å²) in [6, 6.07) is 0. The van der Waals surface area contributed by atoms with Crippen LogP contribution in [0.1, 0.15) is 40.5 Å². The van der Waals surface area contributed by atoms with Crippen LogP contribution in [0.4, 0.5) is 0 Å². The van der Waals surface area contributed by atoms with E-state index in [-0.39, 0.29) is 0 Å². The van der Waals surface area contributed by atoms with Crippen LogP contribution in [-0.2, 0) is 0 Å². The molecule has 70 valence electrons. The lowest BCUT2D eigenvalue weighted by molar-refractivity contribution is 0.269. The van der Waals surface area contributed by atoms with Gasteiger partial charge in [0.1, 0.15) is 0 Å². The van der Waals surface area contributed by atoms with Crippen LogP contribution in [0.15, 0.2) is 0 Å². The van der Waals surface area contributed by atoms with Crippen LogP contribution in [0.25, 0.3) is 0 Å². The quantitative estimate of drug-likeness (QED) is 0.516. The first-order valence-electron chi connectivity index (χ1n) is 5.61. The highest BCUT2D eigenvalue weighted by atomic mass is 14.5. The fourth-order valence-electron chi connectivity index (χ4n) is 4.44. The van der Waals surface area contributed by atoms with Gasteiger partial charge in [-0.2, -0.15) is 0 Å². The van der Waals surface area contributed by atoms with Gasteiger partial charge in [-0.1, -0.05) is 27.7 Å². The zero-order valence-corrected chi connectivity index (χ0v) is 8.88. The van der Waals surface area contributed by atoms with Gasteiger partial charge in [-0.25, -0.2) is 0 Å². The molecule has 0 aromatic carbocycles. The van der Waals surface area contributed by atoms with Crippen molar-refractivity contribution in [1.29, 1.82) is 0 Å². The summed E-state index contributed by atoms with van der Waals surface area (Å²) in [5.41, 5.74) is 0. The molecule has 0 aromatic heterocycles. The van der Waals surface area contributed by atoms with Crippen LogP contribution in [0.2, 0.25) is 0 Å². The van der Waals surface area contributed by atoms with Gasteiger partial charge < -0.3 is 0 Å². The normalized spacial score (nSPS) is 59.0. The first kappa shape index (κ1) is 8.59. The van der Waals surface area contributed by atoms with Gasteiger partial charge in [0.05, 0.1) is 0 Å². The van der Waals surface area contributed by atoms with Crippen molar-refractivity contribution in [2.24, 2.45) is 35.5 Å². The lowest BCUT2D eigenvalue weighted by atomic mass is 9.84. The third-order valence-corrected chi connectivity index (χ3v) is 4.56. The SMILES string of the molecule is CC1CC(C)C2C(C)CC(C)C12. The Bertz CT molecular complexity index is 137. The Labute approximate surface area is 76.7 Å². The first-order chi connectivity index (χ1) is 5.61. The van der Waals surface area contributed by atoms with Gasteiger partial charge in [0.25, 0.3) is 0 Å². The minimum atomic E-state index is 1.00. The van der Waals surface area contributed by atoms with Gasteiger partial charge in [-0.05, 0) is 48.3 Å². The molecule has 0 bridgehead atoms. The highest BCUT2D eigenvalue weighted by molar-refractivity contribution is 4.97. The average Bonchev–Trinajstić information content (AvgIpc) is 2.38. The molecular formula is C12H22. The van der Waals surface area contributed by atoms with Crippen molar-refractivity contribution < 1.29 is 0 Å². The molecule has 0 N–H and O–H groups in total. The Morgan fingerprint density at radius 3 is 1.08 bits per heavy atom. The molecule has 0 heterocycles. The van der Waals surface area contributed by atoms with Gasteiger partial charge >= 0.3 is 0 Å². The fraction of sp³-hybridized carbons (Fsp3) is 1.00. The lowest BCUT2D eigenvalue weighted by Gasteiger charge is -2.21. The molecule has 4 atom stereocenters. The summed E-state index contributed by atoms with van der Waals surface area (Å²) in [5.74, 6) is 6.15. The average molecular weight is 166 g/mol. The lowest BCUT2D eigenvalue weighted by Crippen LogP contribution is -2.16. The minimum absolute atomic E-state index is 1.00. The number of hydrogen-bond donors (Lipinski definition) is 0. The van der Waals surface area contributed by atoms with Gasteiger partial charge in [-0.3, -0.25) is 0 Å². The van der Waals surface area contributed by atoms with E-state index in [1.807, 2.05) is 0 Å². The Balaban J connectivity index is 2.20. The standard InChI is InChI=1S/C12H22/c1-7-5-8(2)12-10(4)6-9(3)11(7)12/h7-12H,5-6H2,1-4H3. The summed E-state index contributed by atoms with van der Waals surface area (Å²) in [6.45, 7) is 9.87. The topological polar surface area (TPSA) is 0 Å². The molecule has 0 spiro atoms. The maximum atomic E-state index is 2.47. The minimum Gasteiger partial charge on any atom is -0.0622 e. The molecule has 2 aliphatic carbocycles. The van der Waals surface area contributed by atoms with E-state index in [0.29, 0.717) is 0 Å². The van der Waals surface area contributed by atoms with Gasteiger partial charge in [0, 0.05) is 0 Å². The van der Waals surface area contributed by atoms with E-state index < -0.39 is 0 Å². The number of hydrogen-bond acceptors (Lipinski definition) is 0. The second-order valence-corrected chi connectivity index (χ2v) is 5.54. The monoisotopic (exact) mass is 166 g/mol. The summed E-state index contributed by atoms with van der Waals surface area (Å²) < 4.78 is 0. The molecule has 4 unspecified atom stereocenters. The van der Waals surface area contributed by atoms with E-state index in [1.54, 1.807) is 0 Å². The largest absolute Gasteiger partial charge is 0.0622 e. The Morgan fingerprint density at radius 1 is 0.583 bits per heavy atom. The highest BCUT2D eigenvalue weighted by Crippen LogP contribution is 2.55. The second kappa shape index (κ2) is 2.75. The van der Waals surface area contributed by atoms with Crippen LogP contribution in [0.3, 0.4) is 0 Å². The molecule has 0 aliphatic heterocycles. The van der Waals surface area contributed by atoms with Crippen LogP contribution < -0.4 is 0 Å². The Hall–Kier alpha value is 0. The van der Waals surface area contributed by atoms with Gasteiger partial charge in [-0.15, -0.1) is 0 Å². The number of rotatable bonds is 0. The predicted molar refractivity (Wildman–Crippen MR) is 52.9 cm³/mol. The van der Waals surface area contributed by atoms with Gasteiger partial charge in [0.2, 0.25) is 0 Å². The third-order valence-electron chi connectivity index (χ3n) is 4.56. The summed E-state index contributed by atoms with van der Waals surface area (Å²) in [7, 11) is 0. The number of fused-ring (bicyclic) bond motifs is 1. The van der Waals surface area contributed by atoms with Gasteiger partial charge in [0.15, 0.2) is 0 Å². The Kier molecular flexibility index (Phi) is 1.97. The van der Waals surface area contributed by atoms with Crippen LogP contribution >= 0.6 is 0 Å². The zero-order valence-electron chi connectivity index (χ0n) is 8.88. The van der Waals surface area contributed by atoms with Crippen LogP contribution in [0, 0.1) is 35.5 Å². The van der Waals surface area contributed by atoms with E-state index >= 15 is 0 Å². The second-order valence-electron chi connectivity index (χ2n) is 5.54. The van der Waals surface area contributed by atoms with Crippen molar-refractivity contribution in [3.8, 4) is 0 Å². The molecule has 0 heteroatoms. The molecule has 0 saturated heterocycles. The molecule has 0 nitrogen and oxygen atoms in total. The molecule has 2 saturated carbocycles. The van der Waals surface area contributed by atoms with Crippen LogP contribution in [-0.4, -0.2) is 0 Å². The predicted octanol–water partition coefficient (Wildman–Crippen LogP) is 3.57. The van der Waals surface area contributed by atoms with E-state index in [2.05, 4.69) is 27.7 Å². The van der Waals surface area contributed by atoms with E-state index in [0.717, 1.165) is 35.5 Å². The maximum absolute atomic E-state index is 2.47. The van der Waals surface area contributed by atoms with Crippen molar-refractivity contribution in [2.75, 3.05) is 0 Å². The van der Waals surface area contributed by atoms with Crippen molar-refractivity contribution in [3.63, 3.8) is 0 Å². The molecule has 0 aromatic rings. The molecule has 0 radical (unpaired) electrons. The molecular weight excluding hydrogens is 144 g/mol. The van der Waals surface area contributed by atoms with Crippen molar-refractivity contribution in [1.82, 2.24) is 0 Å². The third kappa shape index (κ3) is 1.03. The summed E-state index contributed by atoms with van der Waals surface area (Å²) in [4.78, 5) is 0. The summed E-state index contributed by atoms with van der Waals surface area (Å²) in [6.07, 6.45) is 2.98. The smallest absolute Gasteiger partial charge is 0.0329 e. The van der Waals surface area contributed by atoms with Crippen molar-refractivity contribution in [2.45, 2.75) is 40.5 Å². The molecule has 2 rings (SSSR count). The van der Waals surface area contributed by atoms with E-state index in [9.17, 15) is 0 Å². The molecule has 2 fully saturated rings. The van der Waals surface area contributed by atoms with Crippen molar-refractivity contribution in [3.05, 3.63) is 0 Å².